The molecule has 1 aromatic heterocycles. The summed E-state index contributed by atoms with van der Waals surface area (Å²) in [5.74, 6) is -0.547. The maximum Gasteiger partial charge on any atom is 0.215 e. The predicted octanol–water partition coefficient (Wildman–Crippen LogP) is 3.38. The molecule has 7 heteroatoms. The molecule has 1 N–H and O–H groups in total. The lowest BCUT2D eigenvalue weighted by atomic mass is 9.98. The van der Waals surface area contributed by atoms with Crippen LogP contribution < -0.4 is 4.72 Å². The SMILES string of the molecule is Cn1cccc1[C@@H](CNS(=O)(=O)Cc1ccc(F)cc1)N1CCc2ccccc2C1. The highest BCUT2D eigenvalue weighted by Crippen LogP contribution is 2.28. The van der Waals surface area contributed by atoms with E-state index in [9.17, 15) is 12.8 Å². The van der Waals surface area contributed by atoms with E-state index in [4.69, 9.17) is 0 Å². The van der Waals surface area contributed by atoms with Crippen LogP contribution in [0.1, 0.15) is 28.4 Å². The minimum absolute atomic E-state index is 0.0821. The molecule has 0 saturated carbocycles. The molecule has 0 bridgehead atoms. The molecule has 0 spiro atoms. The van der Waals surface area contributed by atoms with E-state index in [1.54, 1.807) is 0 Å². The van der Waals surface area contributed by atoms with Crippen molar-refractivity contribution in [1.82, 2.24) is 14.2 Å². The summed E-state index contributed by atoms with van der Waals surface area (Å²) in [6.07, 6.45) is 2.92. The van der Waals surface area contributed by atoms with E-state index in [2.05, 4.69) is 27.8 Å². The number of nitrogens with zero attached hydrogens (tertiary/aromatic N) is 2. The highest BCUT2D eigenvalue weighted by Gasteiger charge is 2.27. The van der Waals surface area contributed by atoms with Crippen LogP contribution >= 0.6 is 0 Å². The molecule has 1 aliphatic heterocycles. The van der Waals surface area contributed by atoms with Crippen LogP contribution in [0.5, 0.6) is 0 Å². The lowest BCUT2D eigenvalue weighted by Gasteiger charge is -2.36. The van der Waals surface area contributed by atoms with E-state index in [0.29, 0.717) is 5.56 Å². The highest BCUT2D eigenvalue weighted by molar-refractivity contribution is 7.88. The molecule has 0 radical (unpaired) electrons. The van der Waals surface area contributed by atoms with E-state index in [-0.39, 0.29) is 24.2 Å². The number of nitrogens with one attached hydrogen (secondary N) is 1. The molecular formula is C23H26FN3O2S. The minimum Gasteiger partial charge on any atom is -0.353 e. The van der Waals surface area contributed by atoms with Crippen molar-refractivity contribution >= 4 is 10.0 Å². The van der Waals surface area contributed by atoms with Gasteiger partial charge in [0.1, 0.15) is 5.82 Å². The Kier molecular flexibility index (Phi) is 6.04. The summed E-state index contributed by atoms with van der Waals surface area (Å²) >= 11 is 0. The molecule has 5 nitrogen and oxygen atoms in total. The van der Waals surface area contributed by atoms with Crippen molar-refractivity contribution in [1.29, 1.82) is 0 Å². The van der Waals surface area contributed by atoms with Gasteiger partial charge in [0, 0.05) is 38.6 Å². The van der Waals surface area contributed by atoms with Crippen molar-refractivity contribution < 1.29 is 12.8 Å². The van der Waals surface area contributed by atoms with Crippen LogP contribution in [-0.2, 0) is 35.8 Å². The Balaban J connectivity index is 1.51. The van der Waals surface area contributed by atoms with Crippen molar-refractivity contribution in [2.24, 2.45) is 7.05 Å². The van der Waals surface area contributed by atoms with Crippen LogP contribution in [0, 0.1) is 5.82 Å². The zero-order valence-corrected chi connectivity index (χ0v) is 17.8. The summed E-state index contributed by atoms with van der Waals surface area (Å²) in [5.41, 5.74) is 4.28. The second-order valence-electron chi connectivity index (χ2n) is 7.78. The van der Waals surface area contributed by atoms with Crippen molar-refractivity contribution in [3.05, 3.63) is 95.1 Å². The smallest absolute Gasteiger partial charge is 0.215 e. The van der Waals surface area contributed by atoms with Crippen LogP contribution in [0.2, 0.25) is 0 Å². The molecule has 0 fully saturated rings. The molecule has 30 heavy (non-hydrogen) atoms. The Morgan fingerprint density at radius 3 is 2.47 bits per heavy atom. The van der Waals surface area contributed by atoms with Crippen LogP contribution in [0.25, 0.3) is 0 Å². The highest BCUT2D eigenvalue weighted by atomic mass is 32.2. The van der Waals surface area contributed by atoms with Gasteiger partial charge in [-0.25, -0.2) is 17.5 Å². The third-order valence-corrected chi connectivity index (χ3v) is 7.01. The van der Waals surface area contributed by atoms with Gasteiger partial charge in [-0.05, 0) is 47.4 Å². The zero-order chi connectivity index (χ0) is 21.1. The van der Waals surface area contributed by atoms with Crippen molar-refractivity contribution in [2.45, 2.75) is 24.8 Å². The third kappa shape index (κ3) is 4.80. The molecular weight excluding hydrogens is 401 g/mol. The molecule has 158 valence electrons. The summed E-state index contributed by atoms with van der Waals surface area (Å²) in [5, 5.41) is 0. The van der Waals surface area contributed by atoms with E-state index < -0.39 is 10.0 Å². The largest absolute Gasteiger partial charge is 0.353 e. The fourth-order valence-electron chi connectivity index (χ4n) is 4.08. The van der Waals surface area contributed by atoms with Crippen molar-refractivity contribution in [2.75, 3.05) is 13.1 Å². The zero-order valence-electron chi connectivity index (χ0n) is 17.0. The Morgan fingerprint density at radius 1 is 1.03 bits per heavy atom. The van der Waals surface area contributed by atoms with Gasteiger partial charge in [-0.3, -0.25) is 4.90 Å². The van der Waals surface area contributed by atoms with Crippen molar-refractivity contribution in [3.8, 4) is 0 Å². The second-order valence-corrected chi connectivity index (χ2v) is 9.59. The number of aryl methyl sites for hydroxylation is 1. The Labute approximate surface area is 177 Å². The number of hydrogen-bond acceptors (Lipinski definition) is 3. The quantitative estimate of drug-likeness (QED) is 0.629. The average Bonchev–Trinajstić information content (AvgIpc) is 3.15. The first-order valence-corrected chi connectivity index (χ1v) is 11.7. The molecule has 2 aromatic carbocycles. The van der Waals surface area contributed by atoms with Gasteiger partial charge in [0.25, 0.3) is 0 Å². The average molecular weight is 428 g/mol. The van der Waals surface area contributed by atoms with Gasteiger partial charge >= 0.3 is 0 Å². The van der Waals surface area contributed by atoms with E-state index in [1.807, 2.05) is 36.0 Å². The summed E-state index contributed by atoms with van der Waals surface area (Å²) in [4.78, 5) is 2.33. The van der Waals surface area contributed by atoms with Crippen LogP contribution in [0.15, 0.2) is 66.9 Å². The van der Waals surface area contributed by atoms with E-state index >= 15 is 0 Å². The lowest BCUT2D eigenvalue weighted by Crippen LogP contribution is -2.41. The molecule has 3 aromatic rings. The number of sulfonamides is 1. The number of benzene rings is 2. The molecule has 0 aliphatic carbocycles. The standard InChI is InChI=1S/C23H26FN3O2S/c1-26-13-4-7-22(26)23(27-14-12-19-5-2-3-6-20(19)16-27)15-25-30(28,29)17-18-8-10-21(24)11-9-18/h2-11,13,23,25H,12,14-17H2,1H3/t23-/m1/s1. The van der Waals surface area contributed by atoms with Crippen LogP contribution in [0.3, 0.4) is 0 Å². The van der Waals surface area contributed by atoms with Crippen LogP contribution in [0.4, 0.5) is 4.39 Å². The maximum atomic E-state index is 13.1. The molecule has 0 saturated heterocycles. The fraction of sp³-hybridized carbons (Fsp3) is 0.304. The Bertz CT molecular complexity index is 1110. The van der Waals surface area contributed by atoms with Gasteiger partial charge < -0.3 is 4.57 Å². The lowest BCUT2D eigenvalue weighted by molar-refractivity contribution is 0.174. The van der Waals surface area contributed by atoms with Gasteiger partial charge in [0.2, 0.25) is 10.0 Å². The number of rotatable bonds is 7. The first-order valence-electron chi connectivity index (χ1n) is 10.0. The van der Waals surface area contributed by atoms with Gasteiger partial charge in [-0.2, -0.15) is 0 Å². The summed E-state index contributed by atoms with van der Waals surface area (Å²) in [6, 6.07) is 17.9. The first-order chi connectivity index (χ1) is 14.4. The van der Waals surface area contributed by atoms with Gasteiger partial charge in [-0.1, -0.05) is 36.4 Å². The maximum absolute atomic E-state index is 13.1. The van der Waals surface area contributed by atoms with Gasteiger partial charge in [0.15, 0.2) is 0 Å². The number of halogens is 1. The first kappa shape index (κ1) is 20.8. The second kappa shape index (κ2) is 8.71. The minimum atomic E-state index is -3.55. The molecule has 4 rings (SSSR count). The Hall–Kier alpha value is -2.48. The predicted molar refractivity (Wildman–Crippen MR) is 116 cm³/mol. The molecule has 2 heterocycles. The monoisotopic (exact) mass is 427 g/mol. The fourth-order valence-corrected chi connectivity index (χ4v) is 5.23. The molecule has 1 atom stereocenters. The van der Waals surface area contributed by atoms with Crippen molar-refractivity contribution in [3.63, 3.8) is 0 Å². The number of hydrogen-bond donors (Lipinski definition) is 1. The van der Waals surface area contributed by atoms with E-state index in [1.165, 1.54) is 35.4 Å². The summed E-state index contributed by atoms with van der Waals surface area (Å²) in [6.45, 7) is 1.93. The number of aromatic nitrogens is 1. The van der Waals surface area contributed by atoms with Crippen LogP contribution in [-0.4, -0.2) is 31.0 Å². The molecule has 0 amide bonds. The normalized spacial score (nSPS) is 15.7. The Morgan fingerprint density at radius 2 is 1.77 bits per heavy atom. The topological polar surface area (TPSA) is 54.3 Å². The van der Waals surface area contributed by atoms with Gasteiger partial charge in [-0.15, -0.1) is 0 Å². The molecule has 1 aliphatic rings. The third-order valence-electron chi connectivity index (χ3n) is 5.69. The van der Waals surface area contributed by atoms with Gasteiger partial charge in [0.05, 0.1) is 11.8 Å². The number of fused-ring (bicyclic) bond motifs is 1. The summed E-state index contributed by atoms with van der Waals surface area (Å²) in [7, 11) is -1.57. The van der Waals surface area contributed by atoms with E-state index in [0.717, 1.165) is 25.2 Å². The summed E-state index contributed by atoms with van der Waals surface area (Å²) < 4.78 is 43.3. The molecule has 0 unspecified atom stereocenters.